The van der Waals surface area contributed by atoms with Crippen molar-refractivity contribution in [1.82, 2.24) is 19.1 Å². The summed E-state index contributed by atoms with van der Waals surface area (Å²) in [7, 11) is -3.70. The first-order valence-electron chi connectivity index (χ1n) is 7.96. The molecule has 0 radical (unpaired) electrons. The first-order chi connectivity index (χ1) is 11.3. The van der Waals surface area contributed by atoms with Crippen LogP contribution in [-0.2, 0) is 10.0 Å². The number of nitrogens with zero attached hydrogens (tertiary/aromatic N) is 4. The minimum Gasteiger partial charge on any atom is -0.313 e. The molecule has 130 valence electrons. The van der Waals surface area contributed by atoms with Gasteiger partial charge in [-0.15, -0.1) is 10.2 Å². The topological polar surface area (TPSA) is 68.1 Å². The molecule has 1 aliphatic heterocycles. The second-order valence-electron chi connectivity index (χ2n) is 6.47. The fourth-order valence-corrected chi connectivity index (χ4v) is 4.49. The third-order valence-corrected chi connectivity index (χ3v) is 6.28. The van der Waals surface area contributed by atoms with Crippen LogP contribution >= 0.6 is 0 Å². The van der Waals surface area contributed by atoms with Crippen LogP contribution in [0, 0.1) is 12.7 Å². The predicted octanol–water partition coefficient (Wildman–Crippen LogP) is 2.48. The Morgan fingerprint density at radius 1 is 1.33 bits per heavy atom. The first kappa shape index (κ1) is 17.0. The molecular formula is C16H21FN4O2S. The monoisotopic (exact) mass is 352 g/mol. The highest BCUT2D eigenvalue weighted by Gasteiger charge is 2.34. The van der Waals surface area contributed by atoms with E-state index in [1.165, 1.54) is 16.4 Å². The number of halogens is 1. The SMILES string of the molecule is Cc1ccc(S(=O)(=O)N2CCC(n3cnnc3C(C)C)C2)cc1F. The van der Waals surface area contributed by atoms with Crippen molar-refractivity contribution in [3.63, 3.8) is 0 Å². The molecule has 0 saturated carbocycles. The Balaban J connectivity index is 1.84. The van der Waals surface area contributed by atoms with Crippen molar-refractivity contribution in [2.24, 2.45) is 0 Å². The van der Waals surface area contributed by atoms with Crippen molar-refractivity contribution < 1.29 is 12.8 Å². The van der Waals surface area contributed by atoms with Crippen molar-refractivity contribution in [1.29, 1.82) is 0 Å². The van der Waals surface area contributed by atoms with Gasteiger partial charge in [0, 0.05) is 19.0 Å². The average molecular weight is 352 g/mol. The Labute approximate surface area is 141 Å². The smallest absolute Gasteiger partial charge is 0.243 e. The third kappa shape index (κ3) is 2.95. The molecule has 1 saturated heterocycles. The van der Waals surface area contributed by atoms with Crippen molar-refractivity contribution in [3.8, 4) is 0 Å². The van der Waals surface area contributed by atoms with E-state index >= 15 is 0 Å². The van der Waals surface area contributed by atoms with E-state index in [2.05, 4.69) is 10.2 Å². The molecule has 8 heteroatoms. The van der Waals surface area contributed by atoms with Gasteiger partial charge in [0.25, 0.3) is 0 Å². The first-order valence-corrected chi connectivity index (χ1v) is 9.40. The van der Waals surface area contributed by atoms with E-state index in [0.717, 1.165) is 11.9 Å². The maximum absolute atomic E-state index is 13.7. The fourth-order valence-electron chi connectivity index (χ4n) is 2.99. The molecule has 0 bridgehead atoms. The minimum atomic E-state index is -3.70. The Kier molecular flexibility index (Phi) is 4.44. The van der Waals surface area contributed by atoms with Crippen LogP contribution in [-0.4, -0.2) is 40.6 Å². The molecule has 1 atom stereocenters. The number of benzene rings is 1. The van der Waals surface area contributed by atoms with Crippen LogP contribution in [0.25, 0.3) is 0 Å². The molecule has 1 aromatic carbocycles. The van der Waals surface area contributed by atoms with E-state index in [-0.39, 0.29) is 16.9 Å². The van der Waals surface area contributed by atoms with Gasteiger partial charge in [-0.1, -0.05) is 19.9 Å². The van der Waals surface area contributed by atoms with Crippen LogP contribution in [0.5, 0.6) is 0 Å². The van der Waals surface area contributed by atoms with Crippen molar-refractivity contribution in [2.75, 3.05) is 13.1 Å². The lowest BCUT2D eigenvalue weighted by Crippen LogP contribution is -2.29. The number of hydrogen-bond donors (Lipinski definition) is 0. The lowest BCUT2D eigenvalue weighted by molar-refractivity contribution is 0.443. The van der Waals surface area contributed by atoms with Crippen LogP contribution < -0.4 is 0 Å². The van der Waals surface area contributed by atoms with Crippen LogP contribution in [0.4, 0.5) is 4.39 Å². The fraction of sp³-hybridized carbons (Fsp3) is 0.500. The second kappa shape index (κ2) is 6.25. The zero-order chi connectivity index (χ0) is 17.5. The van der Waals surface area contributed by atoms with E-state index in [1.807, 2.05) is 18.4 Å². The lowest BCUT2D eigenvalue weighted by Gasteiger charge is -2.18. The van der Waals surface area contributed by atoms with Gasteiger partial charge in [0.2, 0.25) is 10.0 Å². The summed E-state index contributed by atoms with van der Waals surface area (Å²) in [6, 6.07) is 4.05. The summed E-state index contributed by atoms with van der Waals surface area (Å²) in [5, 5.41) is 8.07. The van der Waals surface area contributed by atoms with Crippen LogP contribution in [0.1, 0.15) is 43.6 Å². The molecule has 3 rings (SSSR count). The molecule has 0 spiro atoms. The van der Waals surface area contributed by atoms with Crippen molar-refractivity contribution in [2.45, 2.75) is 44.0 Å². The summed E-state index contributed by atoms with van der Waals surface area (Å²) in [6.45, 7) is 6.41. The molecule has 0 N–H and O–H groups in total. The molecule has 24 heavy (non-hydrogen) atoms. The minimum absolute atomic E-state index is 0.000843. The Morgan fingerprint density at radius 3 is 2.75 bits per heavy atom. The van der Waals surface area contributed by atoms with Gasteiger partial charge < -0.3 is 4.57 Å². The zero-order valence-corrected chi connectivity index (χ0v) is 14.8. The lowest BCUT2D eigenvalue weighted by atomic mass is 10.2. The number of aryl methyl sites for hydroxylation is 1. The highest BCUT2D eigenvalue weighted by molar-refractivity contribution is 7.89. The average Bonchev–Trinajstić information content (AvgIpc) is 3.17. The number of hydrogen-bond acceptors (Lipinski definition) is 4. The van der Waals surface area contributed by atoms with Gasteiger partial charge in [0.1, 0.15) is 18.0 Å². The number of aromatic nitrogens is 3. The van der Waals surface area contributed by atoms with E-state index in [0.29, 0.717) is 25.1 Å². The summed E-state index contributed by atoms with van der Waals surface area (Å²) in [4.78, 5) is -0.000843. The second-order valence-corrected chi connectivity index (χ2v) is 8.41. The summed E-state index contributed by atoms with van der Waals surface area (Å²) in [5.74, 6) is 0.553. The van der Waals surface area contributed by atoms with Gasteiger partial charge in [-0.3, -0.25) is 0 Å². The highest BCUT2D eigenvalue weighted by atomic mass is 32.2. The molecule has 1 unspecified atom stereocenters. The molecule has 1 fully saturated rings. The Hall–Kier alpha value is -1.80. The standard InChI is InChI=1S/C16H21FN4O2S/c1-11(2)16-19-18-10-21(16)13-6-7-20(9-13)24(22,23)14-5-4-12(3)15(17)8-14/h4-5,8,10-11,13H,6-7,9H2,1-3H3. The zero-order valence-electron chi connectivity index (χ0n) is 14.0. The summed E-state index contributed by atoms with van der Waals surface area (Å²) in [6.07, 6.45) is 2.34. The summed E-state index contributed by atoms with van der Waals surface area (Å²) in [5.41, 5.74) is 0.430. The number of sulfonamides is 1. The molecule has 1 aromatic heterocycles. The van der Waals surface area contributed by atoms with Crippen LogP contribution in [0.15, 0.2) is 29.4 Å². The maximum atomic E-state index is 13.7. The highest BCUT2D eigenvalue weighted by Crippen LogP contribution is 2.29. The molecular weight excluding hydrogens is 331 g/mol. The van der Waals surface area contributed by atoms with Crippen LogP contribution in [0.3, 0.4) is 0 Å². The predicted molar refractivity (Wildman–Crippen MR) is 87.7 cm³/mol. The van der Waals surface area contributed by atoms with Crippen LogP contribution in [0.2, 0.25) is 0 Å². The molecule has 6 nitrogen and oxygen atoms in total. The van der Waals surface area contributed by atoms with E-state index < -0.39 is 15.8 Å². The molecule has 0 amide bonds. The maximum Gasteiger partial charge on any atom is 0.243 e. The summed E-state index contributed by atoms with van der Waals surface area (Å²) < 4.78 is 42.6. The summed E-state index contributed by atoms with van der Waals surface area (Å²) >= 11 is 0. The van der Waals surface area contributed by atoms with Crippen molar-refractivity contribution in [3.05, 3.63) is 41.7 Å². The third-order valence-electron chi connectivity index (χ3n) is 4.42. The number of rotatable bonds is 4. The van der Waals surface area contributed by atoms with Gasteiger partial charge in [-0.2, -0.15) is 4.31 Å². The normalized spacial score (nSPS) is 19.3. The molecule has 2 aromatic rings. The molecule has 1 aliphatic rings. The van der Waals surface area contributed by atoms with Gasteiger partial charge in [0.15, 0.2) is 0 Å². The van der Waals surface area contributed by atoms with Gasteiger partial charge in [-0.25, -0.2) is 12.8 Å². The quantitative estimate of drug-likeness (QED) is 0.848. The Bertz CT molecular complexity index is 848. The van der Waals surface area contributed by atoms with Gasteiger partial charge in [0.05, 0.1) is 10.9 Å². The Morgan fingerprint density at radius 2 is 2.08 bits per heavy atom. The van der Waals surface area contributed by atoms with Gasteiger partial charge >= 0.3 is 0 Å². The van der Waals surface area contributed by atoms with Gasteiger partial charge in [-0.05, 0) is 31.0 Å². The molecule has 0 aliphatic carbocycles. The van der Waals surface area contributed by atoms with E-state index in [4.69, 9.17) is 0 Å². The van der Waals surface area contributed by atoms with E-state index in [9.17, 15) is 12.8 Å². The molecule has 2 heterocycles. The van der Waals surface area contributed by atoms with E-state index in [1.54, 1.807) is 13.3 Å². The largest absolute Gasteiger partial charge is 0.313 e. The van der Waals surface area contributed by atoms with Crippen molar-refractivity contribution >= 4 is 10.0 Å².